The van der Waals surface area contributed by atoms with Gasteiger partial charge < -0.3 is 4.80 Å². The van der Waals surface area contributed by atoms with Gasteiger partial charge in [-0.2, -0.15) is 0 Å². The molecule has 0 aliphatic rings. The Morgan fingerprint density at radius 1 is 1.83 bits per heavy atom. The topological polar surface area (TPSA) is 46.5 Å². The van der Waals surface area contributed by atoms with Crippen LogP contribution in [0.4, 0.5) is 4.53 Å². The molecule has 6 heavy (non-hydrogen) atoms. The fraction of sp³-hybridized carbons (Fsp3) is 0. The van der Waals surface area contributed by atoms with Crippen LogP contribution in [0.15, 0.2) is 0 Å². The Hall–Kier alpha value is 0.807. The van der Waals surface area contributed by atoms with Gasteiger partial charge in [0.2, 0.25) is 0 Å². The van der Waals surface area contributed by atoms with Crippen LogP contribution >= 0.6 is 0 Å². The zero-order valence-corrected chi connectivity index (χ0v) is 3.14. The molecule has 0 saturated carbocycles. The van der Waals surface area contributed by atoms with E-state index in [4.69, 9.17) is 9.26 Å². The summed E-state index contributed by atoms with van der Waals surface area (Å²) in [5, 5.41) is 0. The molecule has 0 aromatic carbocycles. The van der Waals surface area contributed by atoms with Crippen LogP contribution in [0.5, 0.6) is 0 Å². The Bertz CT molecular complexity index is 46.1. The summed E-state index contributed by atoms with van der Waals surface area (Å²) in [5.74, 6) is 0. The van der Waals surface area contributed by atoms with Gasteiger partial charge in [0.1, 0.15) is 0 Å². The molecule has 34 valence electrons. The van der Waals surface area contributed by atoms with Crippen molar-refractivity contribution in [2.45, 2.75) is 0 Å². The quantitative estimate of drug-likeness (QED) is 0.443. The molecule has 0 fully saturated rings. The molecule has 0 radical (unpaired) electrons. The molecular weight excluding hydrogens is 135 g/mol. The van der Waals surface area contributed by atoms with Gasteiger partial charge in [0.05, 0.1) is 0 Å². The van der Waals surface area contributed by atoms with Gasteiger partial charge in [-0.3, -0.25) is 9.09 Å². The first-order chi connectivity index (χ1) is 2.27. The molecule has 0 heterocycles. The van der Waals surface area contributed by atoms with Gasteiger partial charge in [0.25, 0.3) is 0 Å². The summed E-state index contributed by atoms with van der Waals surface area (Å²) in [6.07, 6.45) is 0. The van der Waals surface area contributed by atoms with Crippen LogP contribution in [0, 0.1) is 0 Å². The third-order valence-electron chi connectivity index (χ3n) is 0.0660. The number of rotatable bonds is 1. The van der Waals surface area contributed by atoms with E-state index in [1.54, 1.807) is 0 Å². The normalized spacial score (nSPS) is 5.50. The maximum absolute atomic E-state index is 10.1. The molecule has 6 heteroatoms. The summed E-state index contributed by atoms with van der Waals surface area (Å²) in [6, 6.07) is 0. The standard InChI is InChI=1S/Ca.FHO3Si.2H/c;1-4-5(2)3;;/h;2H;;. The Kier molecular flexibility index (Phi) is 9.61. The second-order valence-electron chi connectivity index (χ2n) is 0.343. The Balaban J connectivity index is 0. The van der Waals surface area contributed by atoms with Crippen LogP contribution in [0.25, 0.3) is 0 Å². The van der Waals surface area contributed by atoms with E-state index in [1.807, 2.05) is 0 Å². The number of halogens is 1. The molecular formula is H3CaFO3Si. The van der Waals surface area contributed by atoms with Crippen molar-refractivity contribution in [3.8, 4) is 0 Å². The van der Waals surface area contributed by atoms with Gasteiger partial charge in [-0.05, 0) is 0 Å². The van der Waals surface area contributed by atoms with Gasteiger partial charge in [-0.25, -0.2) is 0 Å². The van der Waals surface area contributed by atoms with Gasteiger partial charge in [-0.15, -0.1) is 0 Å². The van der Waals surface area contributed by atoms with E-state index in [0.717, 1.165) is 0 Å². The van der Waals surface area contributed by atoms with Crippen molar-refractivity contribution in [1.29, 1.82) is 0 Å². The van der Waals surface area contributed by atoms with Crippen LogP contribution in [0.1, 0.15) is 0 Å². The van der Waals surface area contributed by atoms with Crippen LogP contribution in [0.2, 0.25) is 0 Å². The summed E-state index contributed by atoms with van der Waals surface area (Å²) in [6.45, 7) is 0. The molecule has 0 bridgehead atoms. The average molecular weight is 138 g/mol. The van der Waals surface area contributed by atoms with E-state index >= 15 is 0 Å². The summed E-state index contributed by atoms with van der Waals surface area (Å²) < 4.78 is 21.4. The minimum atomic E-state index is -3.29. The molecule has 0 aliphatic carbocycles. The Morgan fingerprint density at radius 2 is 2.00 bits per heavy atom. The van der Waals surface area contributed by atoms with Crippen molar-refractivity contribution in [3.63, 3.8) is 0 Å². The first kappa shape index (κ1) is 9.93. The fourth-order valence-electron chi connectivity index (χ4n) is 0. The van der Waals surface area contributed by atoms with Crippen molar-refractivity contribution in [2.75, 3.05) is 0 Å². The molecule has 0 aromatic heterocycles. The molecule has 0 saturated heterocycles. The van der Waals surface area contributed by atoms with Gasteiger partial charge >= 0.3 is 46.9 Å². The third-order valence-corrected chi connectivity index (χ3v) is 0.198. The SMILES string of the molecule is O=[Si](O)OF.[CaH2]. The van der Waals surface area contributed by atoms with E-state index in [9.17, 15) is 4.53 Å². The van der Waals surface area contributed by atoms with Crippen molar-refractivity contribution in [1.82, 2.24) is 0 Å². The van der Waals surface area contributed by atoms with E-state index < -0.39 is 9.17 Å². The maximum atomic E-state index is 10.1. The van der Waals surface area contributed by atoms with Crippen LogP contribution < -0.4 is 0 Å². The molecule has 1 N–H and O–H groups in total. The molecule has 0 amide bonds. The van der Waals surface area contributed by atoms with E-state index in [0.29, 0.717) is 0 Å². The molecule has 0 rings (SSSR count). The van der Waals surface area contributed by atoms with Crippen molar-refractivity contribution in [2.24, 2.45) is 0 Å². The predicted molar refractivity (Wildman–Crippen MR) is 19.4 cm³/mol. The third kappa shape index (κ3) is 8.84. The monoisotopic (exact) mass is 138 g/mol. The van der Waals surface area contributed by atoms with E-state index in [1.165, 1.54) is 0 Å². The molecule has 3 nitrogen and oxygen atoms in total. The molecule has 0 aliphatic heterocycles. The van der Waals surface area contributed by atoms with E-state index in [2.05, 4.69) is 4.63 Å². The zero-order valence-electron chi connectivity index (χ0n) is 2.14. The second kappa shape index (κ2) is 5.81. The summed E-state index contributed by atoms with van der Waals surface area (Å²) in [4.78, 5) is 7.31. The summed E-state index contributed by atoms with van der Waals surface area (Å²) >= 11 is 0. The summed E-state index contributed by atoms with van der Waals surface area (Å²) in [5.41, 5.74) is 0. The van der Waals surface area contributed by atoms with Crippen molar-refractivity contribution >= 4 is 46.9 Å². The van der Waals surface area contributed by atoms with Crippen LogP contribution in [-0.4, -0.2) is 51.7 Å². The van der Waals surface area contributed by atoms with Crippen molar-refractivity contribution in [3.05, 3.63) is 0 Å². The Morgan fingerprint density at radius 3 is 2.00 bits per heavy atom. The first-order valence-corrected chi connectivity index (χ1v) is 2.05. The molecule has 0 unspecified atom stereocenters. The second-order valence-corrected chi connectivity index (χ2v) is 1.03. The zero-order chi connectivity index (χ0) is 4.28. The van der Waals surface area contributed by atoms with Gasteiger partial charge in [-0.1, -0.05) is 0 Å². The van der Waals surface area contributed by atoms with Crippen LogP contribution in [-0.2, 0) is 9.09 Å². The average Bonchev–Trinajstić information content (AvgIpc) is 1.38. The molecule has 0 atom stereocenters. The van der Waals surface area contributed by atoms with Crippen molar-refractivity contribution < 1.29 is 18.4 Å². The number of hydrogen-bond acceptors (Lipinski definition) is 2. The summed E-state index contributed by atoms with van der Waals surface area (Å²) in [7, 11) is -3.29. The minimum absolute atomic E-state index is 0. The number of hydrogen-bond donors (Lipinski definition) is 1. The first-order valence-electron chi connectivity index (χ1n) is 0.786. The predicted octanol–water partition coefficient (Wildman–Crippen LogP) is -1.62. The van der Waals surface area contributed by atoms with Gasteiger partial charge in [0.15, 0.2) is 0 Å². The van der Waals surface area contributed by atoms with Crippen LogP contribution in [0.3, 0.4) is 0 Å². The molecule has 0 aromatic rings. The fourth-order valence-corrected chi connectivity index (χ4v) is 0. The van der Waals surface area contributed by atoms with E-state index in [-0.39, 0.29) is 37.7 Å². The molecule has 0 spiro atoms. The Labute approximate surface area is 64.9 Å². The van der Waals surface area contributed by atoms with Gasteiger partial charge in [0, 0.05) is 4.53 Å².